The predicted octanol–water partition coefficient (Wildman–Crippen LogP) is 3.47. The molecule has 4 rings (SSSR count). The van der Waals surface area contributed by atoms with Gasteiger partial charge in [0, 0.05) is 56.6 Å². The summed E-state index contributed by atoms with van der Waals surface area (Å²) in [5.41, 5.74) is 3.82. The minimum absolute atomic E-state index is 0.146. The molecule has 2 heterocycles. The molecule has 2 saturated heterocycles. The topological polar surface area (TPSA) is 19.0 Å². The van der Waals surface area contributed by atoms with Crippen LogP contribution in [0.1, 0.15) is 12.5 Å². The molecule has 2 aromatic rings. The van der Waals surface area contributed by atoms with Gasteiger partial charge in [-0.3, -0.25) is 4.90 Å². The monoisotopic (exact) mass is 383 g/mol. The highest BCUT2D eigenvalue weighted by molar-refractivity contribution is 5.68. The second-order valence-electron chi connectivity index (χ2n) is 8.03. The van der Waals surface area contributed by atoms with Crippen LogP contribution in [0.3, 0.4) is 0 Å². The van der Waals surface area contributed by atoms with Crippen LogP contribution in [-0.2, 0) is 11.3 Å². The Balaban J connectivity index is 1.50. The standard InChI is InChI=1S/C23H30FN3O/c1-18-16-27(9-8-25(18)2)21-6-7-22(23(24)15-21)20-5-3-4-19(14-20)17-26-10-12-28-13-11-26/h3-7,14-15,18H,8-13,16-17H2,1-2H3/t18-/m1/s1. The Morgan fingerprint density at radius 1 is 1.04 bits per heavy atom. The zero-order chi connectivity index (χ0) is 19.5. The van der Waals surface area contributed by atoms with Crippen LogP contribution in [0.15, 0.2) is 42.5 Å². The maximum absolute atomic E-state index is 15.0. The van der Waals surface area contributed by atoms with Crippen molar-refractivity contribution in [2.75, 3.05) is 57.9 Å². The quantitative estimate of drug-likeness (QED) is 0.805. The Bertz CT molecular complexity index is 806. The van der Waals surface area contributed by atoms with Crippen LogP contribution in [0, 0.1) is 5.82 Å². The lowest BCUT2D eigenvalue weighted by Crippen LogP contribution is -2.50. The predicted molar refractivity (Wildman–Crippen MR) is 112 cm³/mol. The van der Waals surface area contributed by atoms with E-state index >= 15 is 0 Å². The molecule has 28 heavy (non-hydrogen) atoms. The van der Waals surface area contributed by atoms with Gasteiger partial charge in [-0.15, -0.1) is 0 Å². The molecular weight excluding hydrogens is 353 g/mol. The fourth-order valence-corrected chi connectivity index (χ4v) is 4.07. The fraction of sp³-hybridized carbons (Fsp3) is 0.478. The van der Waals surface area contributed by atoms with Crippen molar-refractivity contribution >= 4 is 5.69 Å². The second-order valence-corrected chi connectivity index (χ2v) is 8.03. The minimum atomic E-state index is -0.146. The molecule has 1 atom stereocenters. The number of anilines is 1. The molecule has 4 nitrogen and oxygen atoms in total. The lowest BCUT2D eigenvalue weighted by molar-refractivity contribution is 0.0342. The molecule has 2 fully saturated rings. The van der Waals surface area contributed by atoms with Gasteiger partial charge in [-0.05, 0) is 49.4 Å². The summed E-state index contributed by atoms with van der Waals surface area (Å²) >= 11 is 0. The number of ether oxygens (including phenoxy) is 1. The molecule has 5 heteroatoms. The molecule has 0 N–H and O–H groups in total. The lowest BCUT2D eigenvalue weighted by atomic mass is 10.0. The summed E-state index contributed by atoms with van der Waals surface area (Å²) in [7, 11) is 2.15. The van der Waals surface area contributed by atoms with Crippen LogP contribution in [-0.4, -0.2) is 68.8 Å². The maximum Gasteiger partial charge on any atom is 0.133 e. The van der Waals surface area contributed by atoms with Crippen molar-refractivity contribution < 1.29 is 9.13 Å². The summed E-state index contributed by atoms with van der Waals surface area (Å²) in [6, 6.07) is 14.4. The summed E-state index contributed by atoms with van der Waals surface area (Å²) in [6.07, 6.45) is 0. The number of hydrogen-bond donors (Lipinski definition) is 0. The number of morpholine rings is 1. The van der Waals surface area contributed by atoms with Gasteiger partial charge in [0.25, 0.3) is 0 Å². The SMILES string of the molecule is C[C@@H]1CN(c2ccc(-c3cccc(CN4CCOCC4)c3)c(F)c2)CCN1C. The van der Waals surface area contributed by atoms with Gasteiger partial charge in [0.05, 0.1) is 13.2 Å². The Morgan fingerprint density at radius 2 is 1.86 bits per heavy atom. The number of halogens is 1. The van der Waals surface area contributed by atoms with Gasteiger partial charge in [-0.2, -0.15) is 0 Å². The number of nitrogens with zero attached hydrogens (tertiary/aromatic N) is 3. The second kappa shape index (κ2) is 8.60. The minimum Gasteiger partial charge on any atom is -0.379 e. The molecule has 0 amide bonds. The summed E-state index contributed by atoms with van der Waals surface area (Å²) in [4.78, 5) is 7.02. The molecule has 0 saturated carbocycles. The zero-order valence-corrected chi connectivity index (χ0v) is 16.9. The van der Waals surface area contributed by atoms with Crippen molar-refractivity contribution in [3.63, 3.8) is 0 Å². The third-order valence-electron chi connectivity index (χ3n) is 6.03. The van der Waals surface area contributed by atoms with E-state index in [-0.39, 0.29) is 5.82 Å². The Morgan fingerprint density at radius 3 is 2.61 bits per heavy atom. The van der Waals surface area contributed by atoms with Gasteiger partial charge in [0.2, 0.25) is 0 Å². The van der Waals surface area contributed by atoms with E-state index in [1.165, 1.54) is 5.56 Å². The molecule has 0 bridgehead atoms. The Labute approximate surface area is 167 Å². The molecular formula is C23H30FN3O. The average Bonchev–Trinajstić information content (AvgIpc) is 2.71. The Kier molecular flexibility index (Phi) is 5.95. The van der Waals surface area contributed by atoms with E-state index < -0.39 is 0 Å². The first-order valence-corrected chi connectivity index (χ1v) is 10.2. The highest BCUT2D eigenvalue weighted by Gasteiger charge is 2.21. The first kappa shape index (κ1) is 19.4. The van der Waals surface area contributed by atoms with Crippen molar-refractivity contribution in [2.24, 2.45) is 0 Å². The molecule has 0 aromatic heterocycles. The van der Waals surface area contributed by atoms with Crippen LogP contribution in [0.5, 0.6) is 0 Å². The molecule has 2 aromatic carbocycles. The third-order valence-corrected chi connectivity index (χ3v) is 6.03. The van der Waals surface area contributed by atoms with E-state index in [0.717, 1.165) is 63.7 Å². The van der Waals surface area contributed by atoms with Gasteiger partial charge >= 0.3 is 0 Å². The molecule has 0 aliphatic carbocycles. The van der Waals surface area contributed by atoms with E-state index in [2.05, 4.69) is 46.9 Å². The summed E-state index contributed by atoms with van der Waals surface area (Å²) < 4.78 is 20.4. The van der Waals surface area contributed by atoms with Crippen molar-refractivity contribution in [1.29, 1.82) is 0 Å². The van der Waals surface area contributed by atoms with Crippen LogP contribution in [0.25, 0.3) is 11.1 Å². The maximum atomic E-state index is 15.0. The number of rotatable bonds is 4. The molecule has 0 unspecified atom stereocenters. The summed E-state index contributed by atoms with van der Waals surface area (Å²) in [5.74, 6) is -0.146. The summed E-state index contributed by atoms with van der Waals surface area (Å²) in [6.45, 7) is 9.48. The van der Waals surface area contributed by atoms with Gasteiger partial charge in [0.15, 0.2) is 0 Å². The Hall–Kier alpha value is -1.95. The van der Waals surface area contributed by atoms with Crippen molar-refractivity contribution in [2.45, 2.75) is 19.5 Å². The first-order valence-electron chi connectivity index (χ1n) is 10.2. The zero-order valence-electron chi connectivity index (χ0n) is 16.9. The highest BCUT2D eigenvalue weighted by Crippen LogP contribution is 2.29. The van der Waals surface area contributed by atoms with E-state index in [1.54, 1.807) is 6.07 Å². The molecule has 2 aliphatic heterocycles. The largest absolute Gasteiger partial charge is 0.379 e. The number of hydrogen-bond acceptors (Lipinski definition) is 4. The van der Waals surface area contributed by atoms with Gasteiger partial charge in [-0.25, -0.2) is 4.39 Å². The van der Waals surface area contributed by atoms with Crippen LogP contribution in [0.4, 0.5) is 10.1 Å². The van der Waals surface area contributed by atoms with E-state index in [9.17, 15) is 4.39 Å². The molecule has 2 aliphatic rings. The highest BCUT2D eigenvalue weighted by atomic mass is 19.1. The van der Waals surface area contributed by atoms with E-state index in [0.29, 0.717) is 11.6 Å². The van der Waals surface area contributed by atoms with Crippen LogP contribution in [0.2, 0.25) is 0 Å². The van der Waals surface area contributed by atoms with Gasteiger partial charge < -0.3 is 14.5 Å². The van der Waals surface area contributed by atoms with E-state index in [1.807, 2.05) is 18.2 Å². The summed E-state index contributed by atoms with van der Waals surface area (Å²) in [5, 5.41) is 0. The number of piperazine rings is 1. The normalized spacial score (nSPS) is 21.8. The molecule has 0 radical (unpaired) electrons. The number of benzene rings is 2. The fourth-order valence-electron chi connectivity index (χ4n) is 4.07. The van der Waals surface area contributed by atoms with Crippen LogP contribution < -0.4 is 4.90 Å². The third kappa shape index (κ3) is 4.37. The molecule has 0 spiro atoms. The smallest absolute Gasteiger partial charge is 0.133 e. The van der Waals surface area contributed by atoms with Crippen molar-refractivity contribution in [1.82, 2.24) is 9.80 Å². The van der Waals surface area contributed by atoms with Crippen LogP contribution >= 0.6 is 0 Å². The first-order chi connectivity index (χ1) is 13.6. The lowest BCUT2D eigenvalue weighted by Gasteiger charge is -2.39. The average molecular weight is 384 g/mol. The number of likely N-dealkylation sites (N-methyl/N-ethyl adjacent to an activating group) is 1. The van der Waals surface area contributed by atoms with Gasteiger partial charge in [0.1, 0.15) is 5.82 Å². The molecule has 150 valence electrons. The van der Waals surface area contributed by atoms with Gasteiger partial charge in [-0.1, -0.05) is 18.2 Å². The van der Waals surface area contributed by atoms with Crippen molar-refractivity contribution in [3.05, 3.63) is 53.8 Å². The van der Waals surface area contributed by atoms with E-state index in [4.69, 9.17) is 4.74 Å². The van der Waals surface area contributed by atoms with Crippen molar-refractivity contribution in [3.8, 4) is 11.1 Å².